The normalized spacial score (nSPS) is 23.1. The van der Waals surface area contributed by atoms with Gasteiger partial charge in [-0.3, -0.25) is 4.79 Å². The van der Waals surface area contributed by atoms with E-state index in [-0.39, 0.29) is 23.3 Å². The summed E-state index contributed by atoms with van der Waals surface area (Å²) in [5.74, 6) is -0.266. The van der Waals surface area contributed by atoms with Gasteiger partial charge in [-0.25, -0.2) is 0 Å². The number of nitrogens with zero attached hydrogens (tertiary/aromatic N) is 1. The number of phenols is 1. The molecule has 1 aromatic rings. The van der Waals surface area contributed by atoms with Crippen LogP contribution in [0, 0.1) is 0 Å². The molecular formula is C14H18ClNO3. The lowest BCUT2D eigenvalue weighted by Gasteiger charge is -2.35. The van der Waals surface area contributed by atoms with Crippen LogP contribution in [0.25, 0.3) is 0 Å². The van der Waals surface area contributed by atoms with Gasteiger partial charge in [0.1, 0.15) is 5.75 Å². The number of aliphatic hydroxyl groups excluding tert-OH is 1. The lowest BCUT2D eigenvalue weighted by Crippen LogP contribution is -2.46. The molecule has 0 spiro atoms. The fourth-order valence-electron chi connectivity index (χ4n) is 2.56. The summed E-state index contributed by atoms with van der Waals surface area (Å²) >= 11 is 5.99. The number of rotatable bonds is 2. The number of halogens is 1. The third-order valence-electron chi connectivity index (χ3n) is 3.69. The van der Waals surface area contributed by atoms with Gasteiger partial charge >= 0.3 is 0 Å². The molecule has 1 fully saturated rings. The second-order valence-corrected chi connectivity index (χ2v) is 5.41. The lowest BCUT2D eigenvalue weighted by molar-refractivity contribution is 0.0268. The number of carbonyl (C=O) groups excluding carboxylic acids is 1. The summed E-state index contributed by atoms with van der Waals surface area (Å²) in [6.45, 7) is 0. The van der Waals surface area contributed by atoms with Crippen molar-refractivity contribution < 1.29 is 15.0 Å². The summed E-state index contributed by atoms with van der Waals surface area (Å²) in [5.41, 5.74) is 0.266. The van der Waals surface area contributed by atoms with Crippen molar-refractivity contribution in [1.82, 2.24) is 4.90 Å². The number of amides is 1. The van der Waals surface area contributed by atoms with Crippen LogP contribution in [0.15, 0.2) is 18.2 Å². The third kappa shape index (κ3) is 3.01. The fraction of sp³-hybridized carbons (Fsp3) is 0.500. The first-order valence-electron chi connectivity index (χ1n) is 6.44. The van der Waals surface area contributed by atoms with Gasteiger partial charge in [0.05, 0.1) is 22.7 Å². The average Bonchev–Trinajstić information content (AvgIpc) is 2.40. The van der Waals surface area contributed by atoms with Crippen LogP contribution in [0.4, 0.5) is 0 Å². The first-order valence-corrected chi connectivity index (χ1v) is 6.82. The Labute approximate surface area is 117 Å². The Morgan fingerprint density at radius 3 is 2.74 bits per heavy atom. The van der Waals surface area contributed by atoms with E-state index in [2.05, 4.69) is 0 Å². The molecule has 1 aromatic carbocycles. The molecule has 0 radical (unpaired) electrons. The van der Waals surface area contributed by atoms with Crippen molar-refractivity contribution in [1.29, 1.82) is 0 Å². The van der Waals surface area contributed by atoms with E-state index in [9.17, 15) is 15.0 Å². The molecule has 0 aliphatic heterocycles. The van der Waals surface area contributed by atoms with Gasteiger partial charge in [0, 0.05) is 7.05 Å². The van der Waals surface area contributed by atoms with Crippen molar-refractivity contribution in [2.75, 3.05) is 7.05 Å². The molecular weight excluding hydrogens is 266 g/mol. The van der Waals surface area contributed by atoms with Crippen LogP contribution in [0.2, 0.25) is 5.02 Å². The van der Waals surface area contributed by atoms with Crippen LogP contribution in [0.1, 0.15) is 36.0 Å². The minimum Gasteiger partial charge on any atom is -0.508 e. The number of likely N-dealkylation sites (N-methyl/N-ethyl adjacent to an activating group) is 1. The molecule has 1 aliphatic carbocycles. The number of benzene rings is 1. The zero-order chi connectivity index (χ0) is 14.0. The van der Waals surface area contributed by atoms with E-state index >= 15 is 0 Å². The summed E-state index contributed by atoms with van der Waals surface area (Å²) in [6, 6.07) is 4.11. The van der Waals surface area contributed by atoms with E-state index < -0.39 is 6.10 Å². The summed E-state index contributed by atoms with van der Waals surface area (Å²) in [4.78, 5) is 13.9. The summed E-state index contributed by atoms with van der Waals surface area (Å²) in [6.07, 6.45) is 3.02. The maximum absolute atomic E-state index is 12.4. The molecule has 19 heavy (non-hydrogen) atoms. The molecule has 4 nitrogen and oxygen atoms in total. The van der Waals surface area contributed by atoms with Crippen molar-refractivity contribution in [3.63, 3.8) is 0 Å². The molecule has 1 saturated carbocycles. The maximum atomic E-state index is 12.4. The SMILES string of the molecule is CN(C(=O)c1cc(O)ccc1Cl)C1CCCCC1O. The molecule has 2 unspecified atom stereocenters. The molecule has 5 heteroatoms. The van der Waals surface area contributed by atoms with Crippen LogP contribution >= 0.6 is 11.6 Å². The van der Waals surface area contributed by atoms with Crippen LogP contribution in [-0.2, 0) is 0 Å². The van der Waals surface area contributed by atoms with Crippen LogP contribution < -0.4 is 0 Å². The molecule has 0 saturated heterocycles. The molecule has 0 heterocycles. The molecule has 2 rings (SSSR count). The predicted octanol–water partition coefficient (Wildman–Crippen LogP) is 2.42. The Kier molecular flexibility index (Phi) is 4.32. The summed E-state index contributed by atoms with van der Waals surface area (Å²) in [5, 5.41) is 19.7. The Bertz CT molecular complexity index is 478. The van der Waals surface area contributed by atoms with Crippen LogP contribution in [0.5, 0.6) is 5.75 Å². The minimum absolute atomic E-state index is 0.00495. The number of hydrogen-bond donors (Lipinski definition) is 2. The Balaban J connectivity index is 2.20. The van der Waals surface area contributed by atoms with Crippen molar-refractivity contribution >= 4 is 17.5 Å². The fourth-order valence-corrected chi connectivity index (χ4v) is 2.76. The lowest BCUT2D eigenvalue weighted by atomic mass is 9.91. The van der Waals surface area contributed by atoms with Crippen molar-refractivity contribution in [2.24, 2.45) is 0 Å². The van der Waals surface area contributed by atoms with Gasteiger partial charge in [-0.05, 0) is 31.0 Å². The zero-order valence-corrected chi connectivity index (χ0v) is 11.6. The first-order chi connectivity index (χ1) is 9.00. The molecule has 1 amide bonds. The predicted molar refractivity (Wildman–Crippen MR) is 73.5 cm³/mol. The molecule has 2 atom stereocenters. The van der Waals surface area contributed by atoms with Gasteiger partial charge in [0.2, 0.25) is 0 Å². The van der Waals surface area contributed by atoms with E-state index in [0.717, 1.165) is 25.7 Å². The standard InChI is InChI=1S/C14H18ClNO3/c1-16(12-4-2-3-5-13(12)18)14(19)10-8-9(17)6-7-11(10)15/h6-8,12-13,17-18H,2-5H2,1H3. The highest BCUT2D eigenvalue weighted by atomic mass is 35.5. The van der Waals surface area contributed by atoms with Crippen LogP contribution in [-0.4, -0.2) is 40.2 Å². The summed E-state index contributed by atoms with van der Waals surface area (Å²) < 4.78 is 0. The van der Waals surface area contributed by atoms with Gasteiger partial charge in [-0.2, -0.15) is 0 Å². The second kappa shape index (κ2) is 5.80. The first kappa shape index (κ1) is 14.2. The Hall–Kier alpha value is -1.26. The van der Waals surface area contributed by atoms with Crippen LogP contribution in [0.3, 0.4) is 0 Å². The van der Waals surface area contributed by atoms with E-state index in [1.54, 1.807) is 7.05 Å². The topological polar surface area (TPSA) is 60.8 Å². The van der Waals surface area contributed by atoms with Gasteiger partial charge in [0.15, 0.2) is 0 Å². The summed E-state index contributed by atoms with van der Waals surface area (Å²) in [7, 11) is 1.67. The van der Waals surface area contributed by atoms with Gasteiger partial charge < -0.3 is 15.1 Å². The Morgan fingerprint density at radius 2 is 2.05 bits per heavy atom. The second-order valence-electron chi connectivity index (χ2n) is 5.00. The van der Waals surface area contributed by atoms with E-state index in [1.807, 2.05) is 0 Å². The Morgan fingerprint density at radius 1 is 1.37 bits per heavy atom. The smallest absolute Gasteiger partial charge is 0.255 e. The quantitative estimate of drug-likeness (QED) is 0.876. The largest absolute Gasteiger partial charge is 0.508 e. The van der Waals surface area contributed by atoms with Crippen molar-refractivity contribution in [3.8, 4) is 5.75 Å². The van der Waals surface area contributed by atoms with E-state index in [4.69, 9.17) is 11.6 Å². The molecule has 0 aromatic heterocycles. The maximum Gasteiger partial charge on any atom is 0.255 e. The monoisotopic (exact) mass is 283 g/mol. The highest BCUT2D eigenvalue weighted by molar-refractivity contribution is 6.33. The number of hydrogen-bond acceptors (Lipinski definition) is 3. The third-order valence-corrected chi connectivity index (χ3v) is 4.02. The minimum atomic E-state index is -0.487. The van der Waals surface area contributed by atoms with Crippen molar-refractivity contribution in [2.45, 2.75) is 37.8 Å². The molecule has 104 valence electrons. The van der Waals surface area contributed by atoms with E-state index in [1.165, 1.54) is 23.1 Å². The highest BCUT2D eigenvalue weighted by Gasteiger charge is 2.30. The molecule has 2 N–H and O–H groups in total. The zero-order valence-electron chi connectivity index (χ0n) is 10.8. The molecule has 0 bridgehead atoms. The number of carbonyl (C=O) groups is 1. The van der Waals surface area contributed by atoms with Gasteiger partial charge in [-0.15, -0.1) is 0 Å². The number of aromatic hydroxyl groups is 1. The average molecular weight is 284 g/mol. The van der Waals surface area contributed by atoms with Crippen molar-refractivity contribution in [3.05, 3.63) is 28.8 Å². The van der Waals surface area contributed by atoms with E-state index in [0.29, 0.717) is 5.02 Å². The molecule has 1 aliphatic rings. The highest BCUT2D eigenvalue weighted by Crippen LogP contribution is 2.27. The number of phenolic OH excluding ortho intramolecular Hbond substituents is 1. The van der Waals surface area contributed by atoms with Gasteiger partial charge in [0.25, 0.3) is 5.91 Å². The number of aliphatic hydroxyl groups is 1. The van der Waals surface area contributed by atoms with Gasteiger partial charge in [-0.1, -0.05) is 24.4 Å².